The van der Waals surface area contributed by atoms with Crippen LogP contribution in [-0.4, -0.2) is 6.54 Å². The lowest BCUT2D eigenvalue weighted by Crippen LogP contribution is -2.33. The molecule has 3 aromatic carbocycles. The van der Waals surface area contributed by atoms with Crippen molar-refractivity contribution in [2.24, 2.45) is 5.92 Å². The Morgan fingerprint density at radius 2 is 1.39 bits per heavy atom. The van der Waals surface area contributed by atoms with Crippen LogP contribution in [0.2, 0.25) is 0 Å². The zero-order valence-electron chi connectivity index (χ0n) is 13.0. The molecule has 0 radical (unpaired) electrons. The van der Waals surface area contributed by atoms with Crippen molar-refractivity contribution in [3.63, 3.8) is 0 Å². The summed E-state index contributed by atoms with van der Waals surface area (Å²) in [6.07, 6.45) is 1.19. The molecule has 23 heavy (non-hydrogen) atoms. The Morgan fingerprint density at radius 3 is 2.26 bits per heavy atom. The Kier molecular flexibility index (Phi) is 2.81. The second-order valence-corrected chi connectivity index (χ2v) is 6.65. The highest BCUT2D eigenvalue weighted by atomic mass is 15.1. The van der Waals surface area contributed by atoms with Gasteiger partial charge in [0.1, 0.15) is 0 Å². The predicted octanol–water partition coefficient (Wildman–Crippen LogP) is 5.14. The topological polar surface area (TPSA) is 3.24 Å². The summed E-state index contributed by atoms with van der Waals surface area (Å²) in [4.78, 5) is 2.50. The molecule has 1 aliphatic carbocycles. The Morgan fingerprint density at radius 1 is 0.696 bits per heavy atom. The molecule has 0 saturated carbocycles. The van der Waals surface area contributed by atoms with Gasteiger partial charge in [-0.2, -0.15) is 0 Å². The molecule has 0 aromatic heterocycles. The molecule has 0 N–H and O–H groups in total. The highest BCUT2D eigenvalue weighted by Crippen LogP contribution is 2.50. The van der Waals surface area contributed by atoms with E-state index in [1.165, 1.54) is 34.5 Å². The fraction of sp³-hybridized carbons (Fsp3) is 0.182. The molecule has 0 saturated heterocycles. The van der Waals surface area contributed by atoms with Gasteiger partial charge >= 0.3 is 0 Å². The maximum atomic E-state index is 2.50. The molecular formula is C22H19N. The number of hydrogen-bond donors (Lipinski definition) is 0. The first kappa shape index (κ1) is 13.0. The van der Waals surface area contributed by atoms with Gasteiger partial charge in [0.05, 0.1) is 0 Å². The summed E-state index contributed by atoms with van der Waals surface area (Å²) in [6, 6.07) is 28.8. The maximum absolute atomic E-state index is 2.50. The van der Waals surface area contributed by atoms with E-state index in [2.05, 4.69) is 83.8 Å². The molecule has 112 valence electrons. The van der Waals surface area contributed by atoms with Crippen LogP contribution in [0.1, 0.15) is 22.6 Å². The van der Waals surface area contributed by atoms with Crippen molar-refractivity contribution in [2.45, 2.75) is 12.3 Å². The molecule has 0 spiro atoms. The quantitative estimate of drug-likeness (QED) is 0.601. The van der Waals surface area contributed by atoms with Crippen LogP contribution in [0.25, 0.3) is 0 Å². The molecule has 1 aliphatic heterocycles. The lowest BCUT2D eigenvalue weighted by atomic mass is 9.81. The molecule has 3 aromatic rings. The van der Waals surface area contributed by atoms with Crippen molar-refractivity contribution in [1.29, 1.82) is 0 Å². The van der Waals surface area contributed by atoms with Crippen LogP contribution in [0.4, 0.5) is 11.4 Å². The molecule has 2 aliphatic rings. The summed E-state index contributed by atoms with van der Waals surface area (Å²) < 4.78 is 0. The van der Waals surface area contributed by atoms with Crippen LogP contribution < -0.4 is 4.90 Å². The van der Waals surface area contributed by atoms with Gasteiger partial charge in [-0.05, 0) is 47.2 Å². The highest BCUT2D eigenvalue weighted by molar-refractivity contribution is 5.71. The van der Waals surface area contributed by atoms with Crippen LogP contribution in [-0.2, 0) is 6.42 Å². The Bertz CT molecular complexity index is 853. The van der Waals surface area contributed by atoms with E-state index in [0.29, 0.717) is 11.8 Å². The minimum Gasteiger partial charge on any atom is -0.341 e. The molecule has 1 nitrogen and oxygen atoms in total. The molecule has 2 unspecified atom stereocenters. The highest BCUT2D eigenvalue weighted by Gasteiger charge is 2.39. The second-order valence-electron chi connectivity index (χ2n) is 6.65. The fourth-order valence-electron chi connectivity index (χ4n) is 4.45. The van der Waals surface area contributed by atoms with Crippen LogP contribution in [0, 0.1) is 5.92 Å². The molecule has 0 amide bonds. The summed E-state index contributed by atoms with van der Waals surface area (Å²) in [7, 11) is 0. The second kappa shape index (κ2) is 4.99. The number of nitrogens with zero attached hydrogens (tertiary/aromatic N) is 1. The average molecular weight is 297 g/mol. The van der Waals surface area contributed by atoms with E-state index < -0.39 is 0 Å². The third-order valence-electron chi connectivity index (χ3n) is 5.39. The Hall–Kier alpha value is -2.54. The van der Waals surface area contributed by atoms with Crippen LogP contribution in [0.5, 0.6) is 0 Å². The summed E-state index contributed by atoms with van der Waals surface area (Å²) in [6.45, 7) is 1.10. The number of hydrogen-bond acceptors (Lipinski definition) is 1. The van der Waals surface area contributed by atoms with Crippen molar-refractivity contribution in [1.82, 2.24) is 0 Å². The predicted molar refractivity (Wildman–Crippen MR) is 95.4 cm³/mol. The lowest BCUT2D eigenvalue weighted by molar-refractivity contribution is 0.492. The van der Waals surface area contributed by atoms with E-state index in [-0.39, 0.29) is 0 Å². The third kappa shape index (κ3) is 1.93. The summed E-state index contributed by atoms with van der Waals surface area (Å²) in [5.74, 6) is 1.23. The van der Waals surface area contributed by atoms with E-state index in [1.807, 2.05) is 0 Å². The monoisotopic (exact) mass is 297 g/mol. The molecule has 1 heteroatoms. The zero-order valence-corrected chi connectivity index (χ0v) is 13.0. The normalized spacial score (nSPS) is 21.5. The number of anilines is 2. The molecule has 5 rings (SSSR count). The van der Waals surface area contributed by atoms with Gasteiger partial charge in [-0.25, -0.2) is 0 Å². The van der Waals surface area contributed by atoms with E-state index in [0.717, 1.165) is 6.54 Å². The van der Waals surface area contributed by atoms with Gasteiger partial charge in [0.25, 0.3) is 0 Å². The molecule has 0 fully saturated rings. The van der Waals surface area contributed by atoms with Crippen LogP contribution in [0.15, 0.2) is 78.9 Å². The summed E-state index contributed by atoms with van der Waals surface area (Å²) in [5, 5.41) is 0. The van der Waals surface area contributed by atoms with Gasteiger partial charge in [0, 0.05) is 23.8 Å². The largest absolute Gasteiger partial charge is 0.341 e. The van der Waals surface area contributed by atoms with E-state index in [1.54, 1.807) is 0 Å². The Balaban J connectivity index is 1.68. The van der Waals surface area contributed by atoms with E-state index in [9.17, 15) is 0 Å². The smallest absolute Gasteiger partial charge is 0.0449 e. The SMILES string of the molecule is c1ccc(N2CC3Cc4ccccc4C3c3ccccc32)cc1. The summed E-state index contributed by atoms with van der Waals surface area (Å²) >= 11 is 0. The van der Waals surface area contributed by atoms with Crippen LogP contribution >= 0.6 is 0 Å². The zero-order chi connectivity index (χ0) is 15.2. The van der Waals surface area contributed by atoms with Crippen molar-refractivity contribution < 1.29 is 0 Å². The van der Waals surface area contributed by atoms with Crippen molar-refractivity contribution >= 4 is 11.4 Å². The number of para-hydroxylation sites is 2. The van der Waals surface area contributed by atoms with Gasteiger partial charge < -0.3 is 4.90 Å². The van der Waals surface area contributed by atoms with E-state index in [4.69, 9.17) is 0 Å². The Labute approximate surface area is 137 Å². The van der Waals surface area contributed by atoms with Gasteiger partial charge in [0.2, 0.25) is 0 Å². The minimum absolute atomic E-state index is 0.558. The van der Waals surface area contributed by atoms with Gasteiger partial charge in [-0.3, -0.25) is 0 Å². The summed E-state index contributed by atoms with van der Waals surface area (Å²) in [5.41, 5.74) is 7.23. The molecule has 2 atom stereocenters. The third-order valence-corrected chi connectivity index (χ3v) is 5.39. The maximum Gasteiger partial charge on any atom is 0.0449 e. The van der Waals surface area contributed by atoms with Gasteiger partial charge in [-0.1, -0.05) is 60.7 Å². The minimum atomic E-state index is 0.558. The number of benzene rings is 3. The fourth-order valence-corrected chi connectivity index (χ4v) is 4.45. The first-order valence-electron chi connectivity index (χ1n) is 8.41. The molecule has 1 heterocycles. The van der Waals surface area contributed by atoms with Gasteiger partial charge in [0.15, 0.2) is 0 Å². The van der Waals surface area contributed by atoms with E-state index >= 15 is 0 Å². The average Bonchev–Trinajstić information content (AvgIpc) is 3.00. The van der Waals surface area contributed by atoms with Crippen molar-refractivity contribution in [3.05, 3.63) is 95.6 Å². The molecular weight excluding hydrogens is 278 g/mol. The number of fused-ring (bicyclic) bond motifs is 5. The van der Waals surface area contributed by atoms with Crippen molar-refractivity contribution in [2.75, 3.05) is 11.4 Å². The first-order valence-corrected chi connectivity index (χ1v) is 8.41. The lowest BCUT2D eigenvalue weighted by Gasteiger charge is -2.38. The molecule has 0 bridgehead atoms. The number of rotatable bonds is 1. The first-order chi connectivity index (χ1) is 11.4. The standard InChI is InChI=1S/C22H19N/c1-2-9-18(10-3-1)23-15-17-14-16-8-4-5-11-19(16)22(17)20-12-6-7-13-21(20)23/h1-13,17,22H,14-15H2. The van der Waals surface area contributed by atoms with Gasteiger partial charge in [-0.15, -0.1) is 0 Å². The van der Waals surface area contributed by atoms with Crippen molar-refractivity contribution in [3.8, 4) is 0 Å². The van der Waals surface area contributed by atoms with Crippen LogP contribution in [0.3, 0.4) is 0 Å².